The lowest BCUT2D eigenvalue weighted by Gasteiger charge is -2.27. The van der Waals surface area contributed by atoms with Gasteiger partial charge in [0.1, 0.15) is 0 Å². The van der Waals surface area contributed by atoms with Crippen LogP contribution in [0.3, 0.4) is 0 Å². The van der Waals surface area contributed by atoms with Gasteiger partial charge in [-0.1, -0.05) is 0 Å². The highest BCUT2D eigenvalue weighted by Gasteiger charge is 2.20. The average molecular weight is 173 g/mol. The van der Waals surface area contributed by atoms with Crippen LogP contribution in [0.5, 0.6) is 0 Å². The second kappa shape index (κ2) is 4.27. The fraction of sp³-hybridized carbons (Fsp3) is 0.857. The first-order chi connectivity index (χ1) is 5.72. The molecule has 2 amide bonds. The number of urea groups is 1. The van der Waals surface area contributed by atoms with Crippen LogP contribution < -0.4 is 16.6 Å². The number of ether oxygens (including phenoxy) is 1. The molecule has 1 aliphatic heterocycles. The summed E-state index contributed by atoms with van der Waals surface area (Å²) < 4.78 is 5.32. The Morgan fingerprint density at radius 2 is 2.42 bits per heavy atom. The summed E-state index contributed by atoms with van der Waals surface area (Å²) >= 11 is 0. The zero-order valence-electron chi connectivity index (χ0n) is 7.17. The lowest BCUT2D eigenvalue weighted by atomic mass is 10.0. The van der Waals surface area contributed by atoms with Gasteiger partial charge in [-0.3, -0.25) is 5.43 Å². The van der Waals surface area contributed by atoms with Crippen molar-refractivity contribution in [2.45, 2.75) is 31.9 Å². The third-order valence-corrected chi connectivity index (χ3v) is 1.95. The van der Waals surface area contributed by atoms with Crippen molar-refractivity contribution < 1.29 is 9.53 Å². The largest absolute Gasteiger partial charge is 0.378 e. The van der Waals surface area contributed by atoms with E-state index in [1.165, 1.54) is 0 Å². The molecule has 0 aromatic rings. The molecule has 1 saturated heterocycles. The number of hydrazine groups is 1. The van der Waals surface area contributed by atoms with Gasteiger partial charge in [-0.05, 0) is 19.8 Å². The molecule has 2 unspecified atom stereocenters. The van der Waals surface area contributed by atoms with Crippen molar-refractivity contribution in [3.63, 3.8) is 0 Å². The minimum absolute atomic E-state index is 0.192. The number of amides is 2. The molecule has 0 bridgehead atoms. The number of carbonyl (C=O) groups excluding carboxylic acids is 1. The summed E-state index contributed by atoms with van der Waals surface area (Å²) in [6.45, 7) is 2.70. The van der Waals surface area contributed by atoms with Crippen molar-refractivity contribution in [2.24, 2.45) is 5.84 Å². The van der Waals surface area contributed by atoms with E-state index in [9.17, 15) is 4.79 Å². The van der Waals surface area contributed by atoms with E-state index in [0.717, 1.165) is 12.8 Å². The van der Waals surface area contributed by atoms with Gasteiger partial charge in [0.15, 0.2) is 0 Å². The third kappa shape index (κ3) is 2.67. The summed E-state index contributed by atoms with van der Waals surface area (Å²) in [5, 5.41) is 2.74. The fourth-order valence-electron chi connectivity index (χ4n) is 1.36. The minimum atomic E-state index is -0.325. The van der Waals surface area contributed by atoms with Crippen LogP contribution >= 0.6 is 0 Å². The van der Waals surface area contributed by atoms with E-state index in [0.29, 0.717) is 6.61 Å². The maximum absolute atomic E-state index is 10.8. The summed E-state index contributed by atoms with van der Waals surface area (Å²) in [4.78, 5) is 10.8. The molecular weight excluding hydrogens is 158 g/mol. The van der Waals surface area contributed by atoms with E-state index in [4.69, 9.17) is 10.6 Å². The highest BCUT2D eigenvalue weighted by atomic mass is 16.5. The first kappa shape index (κ1) is 9.28. The average Bonchev–Trinajstić information content (AvgIpc) is 2.04. The molecule has 0 aliphatic carbocycles. The predicted molar refractivity (Wildman–Crippen MR) is 44.3 cm³/mol. The number of hydrogen-bond donors (Lipinski definition) is 3. The van der Waals surface area contributed by atoms with E-state index >= 15 is 0 Å². The maximum Gasteiger partial charge on any atom is 0.329 e. The molecule has 1 fully saturated rings. The second-order valence-electron chi connectivity index (χ2n) is 3.02. The molecule has 12 heavy (non-hydrogen) atoms. The normalized spacial score (nSPS) is 29.5. The van der Waals surface area contributed by atoms with Crippen molar-refractivity contribution in [3.8, 4) is 0 Å². The van der Waals surface area contributed by atoms with Crippen LogP contribution in [0, 0.1) is 0 Å². The minimum Gasteiger partial charge on any atom is -0.378 e. The highest BCUT2D eigenvalue weighted by Crippen LogP contribution is 2.12. The molecule has 0 radical (unpaired) electrons. The molecular formula is C7H15N3O2. The Bertz CT molecular complexity index is 163. The van der Waals surface area contributed by atoms with E-state index in [1.54, 1.807) is 0 Å². The van der Waals surface area contributed by atoms with Gasteiger partial charge in [-0.2, -0.15) is 0 Å². The van der Waals surface area contributed by atoms with Gasteiger partial charge in [0.25, 0.3) is 0 Å². The quantitative estimate of drug-likeness (QED) is 0.290. The van der Waals surface area contributed by atoms with E-state index in [-0.39, 0.29) is 18.2 Å². The van der Waals surface area contributed by atoms with Gasteiger partial charge in [-0.15, -0.1) is 0 Å². The van der Waals surface area contributed by atoms with Gasteiger partial charge in [0.05, 0.1) is 6.10 Å². The Labute approximate surface area is 71.6 Å². The Morgan fingerprint density at radius 1 is 1.67 bits per heavy atom. The van der Waals surface area contributed by atoms with Crippen LogP contribution in [0.15, 0.2) is 0 Å². The molecule has 1 heterocycles. The van der Waals surface area contributed by atoms with E-state index in [1.807, 2.05) is 12.3 Å². The molecule has 0 aromatic heterocycles. The van der Waals surface area contributed by atoms with Crippen molar-refractivity contribution >= 4 is 6.03 Å². The van der Waals surface area contributed by atoms with E-state index < -0.39 is 0 Å². The highest BCUT2D eigenvalue weighted by molar-refractivity contribution is 5.73. The summed E-state index contributed by atoms with van der Waals surface area (Å²) in [5.74, 6) is 4.93. The Hall–Kier alpha value is -0.810. The van der Waals surface area contributed by atoms with Gasteiger partial charge < -0.3 is 10.1 Å². The Morgan fingerprint density at radius 3 is 3.00 bits per heavy atom. The monoisotopic (exact) mass is 173 g/mol. The summed E-state index contributed by atoms with van der Waals surface area (Å²) in [5.41, 5.74) is 2.04. The standard InChI is InChI=1S/C7H15N3O2/c1-5-4-6(2-3-12-5)9-7(11)10-8/h5-6H,2-4,8H2,1H3,(H2,9,10,11). The maximum atomic E-state index is 10.8. The number of rotatable bonds is 1. The smallest absolute Gasteiger partial charge is 0.329 e. The van der Waals surface area contributed by atoms with Crippen molar-refractivity contribution in [2.75, 3.05) is 6.61 Å². The van der Waals surface area contributed by atoms with Crippen LogP contribution in [-0.4, -0.2) is 24.8 Å². The molecule has 4 N–H and O–H groups in total. The fourth-order valence-corrected chi connectivity index (χ4v) is 1.36. The molecule has 70 valence electrons. The number of hydrogen-bond acceptors (Lipinski definition) is 3. The Balaban J connectivity index is 2.27. The summed E-state index contributed by atoms with van der Waals surface area (Å²) in [6.07, 6.45) is 1.94. The third-order valence-electron chi connectivity index (χ3n) is 1.95. The van der Waals surface area contributed by atoms with Gasteiger partial charge >= 0.3 is 6.03 Å². The van der Waals surface area contributed by atoms with Crippen LogP contribution in [0.4, 0.5) is 4.79 Å². The lowest BCUT2D eigenvalue weighted by Crippen LogP contribution is -2.47. The zero-order valence-corrected chi connectivity index (χ0v) is 7.17. The lowest BCUT2D eigenvalue weighted by molar-refractivity contribution is 0.0154. The number of nitrogens with one attached hydrogen (secondary N) is 2. The van der Waals surface area contributed by atoms with Crippen LogP contribution in [0.1, 0.15) is 19.8 Å². The molecule has 2 atom stereocenters. The molecule has 0 saturated carbocycles. The van der Waals surface area contributed by atoms with Crippen LogP contribution in [-0.2, 0) is 4.74 Å². The zero-order chi connectivity index (χ0) is 8.97. The SMILES string of the molecule is CC1CC(NC(=O)NN)CCO1. The second-order valence-corrected chi connectivity index (χ2v) is 3.02. The molecule has 0 spiro atoms. The molecule has 1 aliphatic rings. The van der Waals surface area contributed by atoms with Crippen LogP contribution in [0.2, 0.25) is 0 Å². The van der Waals surface area contributed by atoms with Crippen LogP contribution in [0.25, 0.3) is 0 Å². The molecule has 0 aromatic carbocycles. The van der Waals surface area contributed by atoms with E-state index in [2.05, 4.69) is 5.32 Å². The topological polar surface area (TPSA) is 76.4 Å². The predicted octanol–water partition coefficient (Wildman–Crippen LogP) is -0.273. The van der Waals surface area contributed by atoms with Gasteiger partial charge in [0, 0.05) is 12.6 Å². The van der Waals surface area contributed by atoms with Crippen molar-refractivity contribution in [1.29, 1.82) is 0 Å². The summed E-state index contributed by atoms with van der Waals surface area (Å²) in [6, 6.07) is -0.133. The van der Waals surface area contributed by atoms with Crippen molar-refractivity contribution in [1.82, 2.24) is 10.7 Å². The molecule has 5 heteroatoms. The van der Waals surface area contributed by atoms with Gasteiger partial charge in [0.2, 0.25) is 0 Å². The Kier molecular flexibility index (Phi) is 3.31. The summed E-state index contributed by atoms with van der Waals surface area (Å²) in [7, 11) is 0. The number of nitrogens with two attached hydrogens (primary N) is 1. The molecule has 5 nitrogen and oxygen atoms in total. The number of carbonyl (C=O) groups is 1. The molecule has 1 rings (SSSR count). The van der Waals surface area contributed by atoms with Gasteiger partial charge in [-0.25, -0.2) is 10.6 Å². The van der Waals surface area contributed by atoms with Crippen molar-refractivity contribution in [3.05, 3.63) is 0 Å². The first-order valence-corrected chi connectivity index (χ1v) is 4.11. The first-order valence-electron chi connectivity index (χ1n) is 4.11.